The second-order valence-corrected chi connectivity index (χ2v) is 3.92. The summed E-state index contributed by atoms with van der Waals surface area (Å²) in [7, 11) is 2.06. The lowest BCUT2D eigenvalue weighted by molar-refractivity contribution is 0.367. The number of likely N-dealkylation sites (N-methyl/N-ethyl adjacent to an activating group) is 1. The molecule has 0 bridgehead atoms. The highest BCUT2D eigenvalue weighted by Crippen LogP contribution is 2.09. The molecular weight excluding hydrogens is 222 g/mol. The van der Waals surface area contributed by atoms with E-state index in [9.17, 15) is 0 Å². The number of hydrogen-bond acceptors (Lipinski definition) is 5. The van der Waals surface area contributed by atoms with Crippen LogP contribution in [0.2, 0.25) is 0 Å². The first-order valence-corrected chi connectivity index (χ1v) is 5.60. The zero-order valence-corrected chi connectivity index (χ0v) is 10.4. The van der Waals surface area contributed by atoms with Gasteiger partial charge in [0.05, 0.1) is 11.8 Å². The van der Waals surface area contributed by atoms with Crippen molar-refractivity contribution in [2.24, 2.45) is 5.73 Å². The van der Waals surface area contributed by atoms with Crippen molar-refractivity contribution in [1.29, 1.82) is 0 Å². The number of rotatable bonds is 6. The molecule has 0 aliphatic carbocycles. The van der Waals surface area contributed by atoms with Crippen molar-refractivity contribution in [1.82, 2.24) is 15.1 Å². The summed E-state index contributed by atoms with van der Waals surface area (Å²) in [4.78, 5) is 2.53. The van der Waals surface area contributed by atoms with Crippen LogP contribution in [0.3, 0.4) is 0 Å². The zero-order chi connectivity index (χ0) is 12.0. The Morgan fingerprint density at radius 1 is 1.62 bits per heavy atom. The Balaban J connectivity index is 2.56. The summed E-state index contributed by atoms with van der Waals surface area (Å²) in [5.74, 6) is 0.652. The molecule has 0 aliphatic heterocycles. The first-order valence-electron chi connectivity index (χ1n) is 5.19. The predicted octanol–water partition coefficient (Wildman–Crippen LogP) is 0.474. The highest BCUT2D eigenvalue weighted by atomic mass is 32.1. The van der Waals surface area contributed by atoms with Crippen molar-refractivity contribution in [3.8, 4) is 0 Å². The summed E-state index contributed by atoms with van der Waals surface area (Å²) in [6, 6.07) is 1.77. The molecule has 1 aromatic heterocycles. The van der Waals surface area contributed by atoms with E-state index >= 15 is 0 Å². The molecule has 16 heavy (non-hydrogen) atoms. The molecule has 3 N–H and O–H groups in total. The molecule has 88 valence electrons. The lowest BCUT2D eigenvalue weighted by Gasteiger charge is -2.15. The standard InChI is InChI=1S/C10H17N5S/c1-3-15(2)7-6-12-10-8(9(11)16)4-5-13-14-10/h4-5H,3,6-7H2,1-2H3,(H2,11,16)(H,12,14). The average Bonchev–Trinajstić information content (AvgIpc) is 2.29. The van der Waals surface area contributed by atoms with E-state index in [4.69, 9.17) is 18.0 Å². The highest BCUT2D eigenvalue weighted by molar-refractivity contribution is 7.80. The SMILES string of the molecule is CCN(C)CCNc1nnccc1C(N)=S. The number of aromatic nitrogens is 2. The monoisotopic (exact) mass is 239 g/mol. The third-order valence-corrected chi connectivity index (χ3v) is 2.53. The highest BCUT2D eigenvalue weighted by Gasteiger charge is 2.05. The van der Waals surface area contributed by atoms with Gasteiger partial charge in [0.25, 0.3) is 0 Å². The largest absolute Gasteiger partial charge is 0.389 e. The van der Waals surface area contributed by atoms with E-state index in [2.05, 4.69) is 34.4 Å². The third kappa shape index (κ3) is 3.71. The summed E-state index contributed by atoms with van der Waals surface area (Å²) in [5.41, 5.74) is 6.33. The molecule has 1 heterocycles. The van der Waals surface area contributed by atoms with Crippen LogP contribution in [-0.2, 0) is 0 Å². The summed E-state index contributed by atoms with van der Waals surface area (Å²) in [6.07, 6.45) is 1.58. The van der Waals surface area contributed by atoms with Crippen LogP contribution in [0.5, 0.6) is 0 Å². The molecule has 0 radical (unpaired) electrons. The Bertz CT molecular complexity index is 355. The first kappa shape index (κ1) is 12.8. The number of thiocarbonyl (C=S) groups is 1. The Labute approximate surface area is 101 Å². The van der Waals surface area contributed by atoms with Gasteiger partial charge in [0.15, 0.2) is 5.82 Å². The van der Waals surface area contributed by atoms with Gasteiger partial charge < -0.3 is 16.0 Å². The molecule has 0 saturated heterocycles. The molecule has 0 unspecified atom stereocenters. The molecule has 1 rings (SSSR count). The van der Waals surface area contributed by atoms with Crippen LogP contribution in [0.4, 0.5) is 5.82 Å². The summed E-state index contributed by atoms with van der Waals surface area (Å²) in [5, 5.41) is 11.0. The topological polar surface area (TPSA) is 67.1 Å². The molecule has 0 fully saturated rings. The first-order chi connectivity index (χ1) is 7.65. The van der Waals surface area contributed by atoms with Crippen molar-refractivity contribution < 1.29 is 0 Å². The lowest BCUT2D eigenvalue weighted by atomic mass is 10.3. The van der Waals surface area contributed by atoms with E-state index in [1.807, 2.05) is 0 Å². The number of nitrogens with zero attached hydrogens (tertiary/aromatic N) is 3. The number of nitrogens with two attached hydrogens (primary N) is 1. The maximum Gasteiger partial charge on any atom is 0.158 e. The van der Waals surface area contributed by atoms with Crippen molar-refractivity contribution in [2.75, 3.05) is 32.0 Å². The minimum absolute atomic E-state index is 0.334. The Morgan fingerprint density at radius 3 is 3.00 bits per heavy atom. The fourth-order valence-corrected chi connectivity index (χ4v) is 1.35. The van der Waals surface area contributed by atoms with Crippen molar-refractivity contribution in [3.63, 3.8) is 0 Å². The summed E-state index contributed by atoms with van der Waals surface area (Å²) < 4.78 is 0. The van der Waals surface area contributed by atoms with E-state index in [0.717, 1.165) is 25.2 Å². The Kier molecular flexibility index (Phi) is 5.07. The van der Waals surface area contributed by atoms with Crippen molar-refractivity contribution in [3.05, 3.63) is 17.8 Å². The van der Waals surface area contributed by atoms with Gasteiger partial charge in [-0.15, -0.1) is 5.10 Å². The van der Waals surface area contributed by atoms with Crippen LogP contribution in [0, 0.1) is 0 Å². The number of hydrogen-bond donors (Lipinski definition) is 2. The molecule has 0 spiro atoms. The van der Waals surface area contributed by atoms with Crippen LogP contribution in [-0.4, -0.2) is 46.8 Å². The molecule has 0 atom stereocenters. The molecular formula is C10H17N5S. The van der Waals surface area contributed by atoms with Crippen LogP contribution in [0.15, 0.2) is 12.3 Å². The van der Waals surface area contributed by atoms with Gasteiger partial charge in [-0.05, 0) is 19.7 Å². The van der Waals surface area contributed by atoms with Gasteiger partial charge in [0, 0.05) is 13.1 Å². The van der Waals surface area contributed by atoms with Crippen molar-refractivity contribution >= 4 is 23.0 Å². The quantitative estimate of drug-likeness (QED) is 0.704. The van der Waals surface area contributed by atoms with Crippen molar-refractivity contribution in [2.45, 2.75) is 6.92 Å². The van der Waals surface area contributed by atoms with Gasteiger partial charge in [-0.1, -0.05) is 19.1 Å². The lowest BCUT2D eigenvalue weighted by Crippen LogP contribution is -2.26. The van der Waals surface area contributed by atoms with E-state index in [0.29, 0.717) is 10.8 Å². The van der Waals surface area contributed by atoms with Gasteiger partial charge in [0.1, 0.15) is 4.99 Å². The van der Waals surface area contributed by atoms with Crippen LogP contribution >= 0.6 is 12.2 Å². The molecule has 5 nitrogen and oxygen atoms in total. The molecule has 0 saturated carbocycles. The molecule has 0 aliphatic rings. The summed E-state index contributed by atoms with van der Waals surface area (Å²) >= 11 is 4.93. The fourth-order valence-electron chi connectivity index (χ4n) is 1.18. The minimum atomic E-state index is 0.334. The smallest absolute Gasteiger partial charge is 0.158 e. The average molecular weight is 239 g/mol. The van der Waals surface area contributed by atoms with E-state index in [1.165, 1.54) is 0 Å². The Morgan fingerprint density at radius 2 is 2.38 bits per heavy atom. The maximum absolute atomic E-state index is 5.59. The van der Waals surface area contributed by atoms with E-state index < -0.39 is 0 Å². The fraction of sp³-hybridized carbons (Fsp3) is 0.500. The molecule has 1 aromatic rings. The third-order valence-electron chi connectivity index (χ3n) is 2.31. The number of anilines is 1. The Hall–Kier alpha value is -1.27. The maximum atomic E-state index is 5.59. The van der Waals surface area contributed by atoms with Gasteiger partial charge in [-0.25, -0.2) is 0 Å². The van der Waals surface area contributed by atoms with Gasteiger partial charge in [-0.3, -0.25) is 0 Å². The normalized spacial score (nSPS) is 10.4. The minimum Gasteiger partial charge on any atom is -0.389 e. The van der Waals surface area contributed by atoms with E-state index in [-0.39, 0.29) is 0 Å². The second-order valence-electron chi connectivity index (χ2n) is 3.48. The predicted molar refractivity (Wildman–Crippen MR) is 69.6 cm³/mol. The van der Waals surface area contributed by atoms with Crippen LogP contribution in [0.1, 0.15) is 12.5 Å². The second kappa shape index (κ2) is 6.34. The summed E-state index contributed by atoms with van der Waals surface area (Å²) in [6.45, 7) is 4.86. The van der Waals surface area contributed by atoms with Gasteiger partial charge in [-0.2, -0.15) is 5.10 Å². The van der Waals surface area contributed by atoms with Crippen LogP contribution in [0.25, 0.3) is 0 Å². The van der Waals surface area contributed by atoms with Gasteiger partial charge >= 0.3 is 0 Å². The molecule has 6 heteroatoms. The zero-order valence-electron chi connectivity index (χ0n) is 9.60. The molecule has 0 aromatic carbocycles. The van der Waals surface area contributed by atoms with Gasteiger partial charge in [0.2, 0.25) is 0 Å². The van der Waals surface area contributed by atoms with E-state index in [1.54, 1.807) is 12.3 Å². The molecule has 0 amide bonds. The number of nitrogens with one attached hydrogen (secondary N) is 1. The van der Waals surface area contributed by atoms with Crippen LogP contribution < -0.4 is 11.1 Å².